The van der Waals surface area contributed by atoms with Gasteiger partial charge in [-0.05, 0) is 31.7 Å². The van der Waals surface area contributed by atoms with E-state index in [1.165, 1.54) is 4.31 Å². The van der Waals surface area contributed by atoms with Gasteiger partial charge in [-0.1, -0.05) is 0 Å². The van der Waals surface area contributed by atoms with Gasteiger partial charge in [0.05, 0.1) is 0 Å². The molecule has 1 aliphatic rings. The molecule has 0 aromatic carbocycles. The maximum atomic E-state index is 11.9. The van der Waals surface area contributed by atoms with Crippen molar-refractivity contribution in [2.45, 2.75) is 19.3 Å². The summed E-state index contributed by atoms with van der Waals surface area (Å²) in [5.74, 6) is 0.468. The number of hydrogen-bond donors (Lipinski definition) is 2. The fourth-order valence-corrected chi connectivity index (χ4v) is 3.17. The van der Waals surface area contributed by atoms with Crippen LogP contribution in [-0.2, 0) is 14.9 Å². The van der Waals surface area contributed by atoms with E-state index in [1.54, 1.807) is 7.11 Å². The zero-order chi connectivity index (χ0) is 12.7. The topological polar surface area (TPSA) is 84.7 Å². The van der Waals surface area contributed by atoms with Crippen LogP contribution >= 0.6 is 0 Å². The molecule has 0 amide bonds. The summed E-state index contributed by atoms with van der Waals surface area (Å²) in [5.41, 5.74) is 5.57. The molecule has 6 nitrogen and oxygen atoms in total. The molecule has 0 bridgehead atoms. The number of nitrogens with two attached hydrogens (primary N) is 1. The van der Waals surface area contributed by atoms with E-state index < -0.39 is 10.2 Å². The largest absolute Gasteiger partial charge is 0.385 e. The third-order valence-corrected chi connectivity index (χ3v) is 4.67. The van der Waals surface area contributed by atoms with Gasteiger partial charge in [0.15, 0.2) is 0 Å². The maximum Gasteiger partial charge on any atom is 0.279 e. The Bertz CT molecular complexity index is 300. The predicted molar refractivity (Wildman–Crippen MR) is 66.8 cm³/mol. The van der Waals surface area contributed by atoms with E-state index >= 15 is 0 Å². The monoisotopic (exact) mass is 265 g/mol. The highest BCUT2D eigenvalue weighted by atomic mass is 32.2. The van der Waals surface area contributed by atoms with Crippen molar-refractivity contribution in [3.05, 3.63) is 0 Å². The number of piperidine rings is 1. The zero-order valence-corrected chi connectivity index (χ0v) is 11.2. The SMILES string of the molecule is COCCCNS(=O)(=O)N1CCC(CN)CC1. The molecule has 0 spiro atoms. The molecule has 1 rings (SSSR count). The minimum Gasteiger partial charge on any atom is -0.385 e. The van der Waals surface area contributed by atoms with Crippen molar-refractivity contribution in [2.75, 3.05) is 39.9 Å². The molecule has 0 aromatic rings. The van der Waals surface area contributed by atoms with Gasteiger partial charge in [-0.15, -0.1) is 0 Å². The minimum absolute atomic E-state index is 0.424. The van der Waals surface area contributed by atoms with Crippen LogP contribution in [0.25, 0.3) is 0 Å². The predicted octanol–water partition coefficient (Wildman–Crippen LogP) is -0.472. The van der Waals surface area contributed by atoms with Gasteiger partial charge in [0, 0.05) is 33.4 Å². The summed E-state index contributed by atoms with van der Waals surface area (Å²) in [6.45, 7) is 2.78. The second kappa shape index (κ2) is 7.27. The van der Waals surface area contributed by atoms with E-state index in [9.17, 15) is 8.42 Å². The van der Waals surface area contributed by atoms with E-state index in [4.69, 9.17) is 10.5 Å². The number of rotatable bonds is 7. The van der Waals surface area contributed by atoms with Gasteiger partial charge in [0.25, 0.3) is 10.2 Å². The van der Waals surface area contributed by atoms with E-state index in [0.29, 0.717) is 45.1 Å². The summed E-state index contributed by atoms with van der Waals surface area (Å²) in [7, 11) is -1.71. The van der Waals surface area contributed by atoms with Crippen LogP contribution in [0.15, 0.2) is 0 Å². The summed E-state index contributed by atoms with van der Waals surface area (Å²) < 4.78 is 32.7. The highest BCUT2D eigenvalue weighted by molar-refractivity contribution is 7.87. The standard InChI is InChI=1S/C10H23N3O3S/c1-16-8-2-5-12-17(14,15)13-6-3-10(9-11)4-7-13/h10,12H,2-9,11H2,1H3. The fraction of sp³-hybridized carbons (Fsp3) is 1.00. The number of nitrogens with zero attached hydrogens (tertiary/aromatic N) is 1. The Labute approximate surface area is 104 Å². The number of nitrogens with one attached hydrogen (secondary N) is 1. The van der Waals surface area contributed by atoms with Crippen LogP contribution in [0.3, 0.4) is 0 Å². The van der Waals surface area contributed by atoms with Gasteiger partial charge >= 0.3 is 0 Å². The molecule has 7 heteroatoms. The fourth-order valence-electron chi connectivity index (χ4n) is 1.89. The summed E-state index contributed by atoms with van der Waals surface area (Å²) in [5, 5.41) is 0. The van der Waals surface area contributed by atoms with Crippen molar-refractivity contribution in [2.24, 2.45) is 11.7 Å². The van der Waals surface area contributed by atoms with Gasteiger partial charge in [-0.2, -0.15) is 12.7 Å². The first-order valence-corrected chi connectivity index (χ1v) is 7.48. The van der Waals surface area contributed by atoms with Gasteiger partial charge in [-0.3, -0.25) is 0 Å². The Morgan fingerprint density at radius 2 is 2.06 bits per heavy atom. The van der Waals surface area contributed by atoms with Crippen molar-refractivity contribution in [3.8, 4) is 0 Å². The Morgan fingerprint density at radius 1 is 1.41 bits per heavy atom. The van der Waals surface area contributed by atoms with E-state index in [0.717, 1.165) is 12.8 Å². The Morgan fingerprint density at radius 3 is 2.59 bits per heavy atom. The molecule has 0 aliphatic carbocycles. The Balaban J connectivity index is 2.33. The van der Waals surface area contributed by atoms with Crippen molar-refractivity contribution in [1.29, 1.82) is 0 Å². The van der Waals surface area contributed by atoms with Gasteiger partial charge in [0.2, 0.25) is 0 Å². The summed E-state index contributed by atoms with van der Waals surface area (Å²) >= 11 is 0. The third-order valence-electron chi connectivity index (χ3n) is 3.06. The first-order chi connectivity index (χ1) is 8.10. The van der Waals surface area contributed by atoms with Crippen LogP contribution in [0.2, 0.25) is 0 Å². The molecular weight excluding hydrogens is 242 g/mol. The second-order valence-corrected chi connectivity index (χ2v) is 6.08. The minimum atomic E-state index is -3.31. The van der Waals surface area contributed by atoms with Gasteiger partial charge in [-0.25, -0.2) is 4.72 Å². The summed E-state index contributed by atoms with van der Waals surface area (Å²) in [4.78, 5) is 0. The normalized spacial score (nSPS) is 19.6. The third kappa shape index (κ3) is 4.89. The van der Waals surface area contributed by atoms with Crippen molar-refractivity contribution in [1.82, 2.24) is 9.03 Å². The van der Waals surface area contributed by atoms with Crippen LogP contribution in [-0.4, -0.2) is 52.6 Å². The van der Waals surface area contributed by atoms with E-state index in [2.05, 4.69) is 4.72 Å². The van der Waals surface area contributed by atoms with Crippen LogP contribution < -0.4 is 10.5 Å². The lowest BCUT2D eigenvalue weighted by atomic mass is 9.99. The number of hydrogen-bond acceptors (Lipinski definition) is 4. The average Bonchev–Trinajstić information content (AvgIpc) is 2.35. The van der Waals surface area contributed by atoms with Crippen LogP contribution in [0, 0.1) is 5.92 Å². The molecule has 1 fully saturated rings. The molecule has 0 radical (unpaired) electrons. The molecule has 3 N–H and O–H groups in total. The maximum absolute atomic E-state index is 11.9. The molecule has 0 unspecified atom stereocenters. The zero-order valence-electron chi connectivity index (χ0n) is 10.4. The lowest BCUT2D eigenvalue weighted by molar-refractivity contribution is 0.195. The molecule has 17 heavy (non-hydrogen) atoms. The van der Waals surface area contributed by atoms with Crippen molar-refractivity contribution < 1.29 is 13.2 Å². The number of ether oxygens (including phenoxy) is 1. The molecule has 0 aromatic heterocycles. The van der Waals surface area contributed by atoms with Crippen LogP contribution in [0.4, 0.5) is 0 Å². The lowest BCUT2D eigenvalue weighted by Gasteiger charge is -2.30. The highest BCUT2D eigenvalue weighted by Crippen LogP contribution is 2.17. The Kier molecular flexibility index (Phi) is 6.35. The molecule has 1 heterocycles. The molecule has 1 aliphatic heterocycles. The van der Waals surface area contributed by atoms with Crippen molar-refractivity contribution >= 4 is 10.2 Å². The Hall–Kier alpha value is -0.210. The smallest absolute Gasteiger partial charge is 0.279 e. The second-order valence-electron chi connectivity index (χ2n) is 4.32. The number of methoxy groups -OCH3 is 1. The summed E-state index contributed by atoms with van der Waals surface area (Å²) in [6, 6.07) is 0. The first kappa shape index (κ1) is 14.8. The average molecular weight is 265 g/mol. The van der Waals surface area contributed by atoms with E-state index in [1.807, 2.05) is 0 Å². The van der Waals surface area contributed by atoms with Gasteiger partial charge < -0.3 is 10.5 Å². The highest BCUT2D eigenvalue weighted by Gasteiger charge is 2.26. The molecule has 1 saturated heterocycles. The molecule has 0 saturated carbocycles. The summed E-state index contributed by atoms with van der Waals surface area (Å²) in [6.07, 6.45) is 2.40. The van der Waals surface area contributed by atoms with Crippen LogP contribution in [0.5, 0.6) is 0 Å². The quantitative estimate of drug-likeness (QED) is 0.609. The molecule has 0 atom stereocenters. The first-order valence-electron chi connectivity index (χ1n) is 6.04. The molecular formula is C10H23N3O3S. The molecule has 102 valence electrons. The lowest BCUT2D eigenvalue weighted by Crippen LogP contribution is -2.46. The van der Waals surface area contributed by atoms with Gasteiger partial charge in [0.1, 0.15) is 0 Å². The van der Waals surface area contributed by atoms with E-state index in [-0.39, 0.29) is 0 Å². The van der Waals surface area contributed by atoms with Crippen LogP contribution in [0.1, 0.15) is 19.3 Å². The van der Waals surface area contributed by atoms with Crippen molar-refractivity contribution in [3.63, 3.8) is 0 Å².